The van der Waals surface area contributed by atoms with Crippen LogP contribution in [-0.2, 0) is 10.0 Å². The molecule has 4 N–H and O–H groups in total. The van der Waals surface area contributed by atoms with Gasteiger partial charge < -0.3 is 10.6 Å². The number of halogens is 1. The number of sulfonamides is 1. The van der Waals surface area contributed by atoms with Gasteiger partial charge in [0.15, 0.2) is 0 Å². The Morgan fingerprint density at radius 3 is 1.97 bits per heavy atom. The van der Waals surface area contributed by atoms with E-state index >= 15 is 0 Å². The first-order valence-corrected chi connectivity index (χ1v) is 12.6. The molecule has 176 valence electrons. The van der Waals surface area contributed by atoms with Crippen LogP contribution >= 0.6 is 15.9 Å². The molecule has 4 rings (SSSR count). The van der Waals surface area contributed by atoms with Gasteiger partial charge in [0.25, 0.3) is 11.8 Å². The van der Waals surface area contributed by atoms with Crippen molar-refractivity contribution < 1.29 is 18.0 Å². The molecule has 1 heterocycles. The fourth-order valence-electron chi connectivity index (χ4n) is 3.40. The van der Waals surface area contributed by atoms with Gasteiger partial charge in [-0.1, -0.05) is 42.5 Å². The molecule has 0 unspecified atom stereocenters. The summed E-state index contributed by atoms with van der Waals surface area (Å²) in [5.74, 6) is -0.596. The smallest absolute Gasteiger partial charge is 0.257 e. The normalized spacial score (nSPS) is 11.0. The number of primary sulfonamides is 1. The maximum Gasteiger partial charge on any atom is 0.257 e. The molecule has 0 aliphatic heterocycles. The summed E-state index contributed by atoms with van der Waals surface area (Å²) in [5, 5.41) is 10.8. The van der Waals surface area contributed by atoms with E-state index in [9.17, 15) is 18.0 Å². The monoisotopic (exact) mass is 550 g/mol. The molecule has 0 saturated heterocycles. The lowest BCUT2D eigenvalue weighted by Gasteiger charge is -2.12. The number of nitrogens with one attached hydrogen (secondary N) is 2. The lowest BCUT2D eigenvalue weighted by Crippen LogP contribution is -2.20. The fraction of sp³-hybridized carbons (Fsp3) is 0. The molecule has 0 aliphatic rings. The van der Waals surface area contributed by atoms with Crippen molar-refractivity contribution >= 4 is 49.3 Å². The average molecular weight is 551 g/mol. The van der Waals surface area contributed by atoms with Crippen molar-refractivity contribution in [2.24, 2.45) is 5.14 Å². The molecule has 0 bridgehead atoms. The molecule has 0 aliphatic carbocycles. The van der Waals surface area contributed by atoms with Crippen molar-refractivity contribution in [1.29, 1.82) is 0 Å². The first kappa shape index (κ1) is 24.3. The Hall–Kier alpha value is -3.86. The zero-order valence-corrected chi connectivity index (χ0v) is 20.5. The molecule has 3 aromatic carbocycles. The van der Waals surface area contributed by atoms with Gasteiger partial charge in [0.2, 0.25) is 10.0 Å². The van der Waals surface area contributed by atoms with Crippen molar-refractivity contribution in [2.45, 2.75) is 4.90 Å². The minimum atomic E-state index is -3.90. The second-order valence-electron chi connectivity index (χ2n) is 7.43. The number of rotatable bonds is 6. The molecule has 8 nitrogen and oxygen atoms in total. The molecule has 0 saturated carbocycles. The van der Waals surface area contributed by atoms with Crippen LogP contribution in [0, 0.1) is 0 Å². The van der Waals surface area contributed by atoms with Gasteiger partial charge in [0.05, 0.1) is 16.0 Å². The number of carbonyl (C=O) groups excluding carboxylic acids is 2. The van der Waals surface area contributed by atoms with Crippen LogP contribution in [-0.4, -0.2) is 25.2 Å². The van der Waals surface area contributed by atoms with Crippen LogP contribution in [0.3, 0.4) is 0 Å². The molecule has 10 heteroatoms. The summed E-state index contributed by atoms with van der Waals surface area (Å²) < 4.78 is 24.6. The second-order valence-corrected chi connectivity index (χ2v) is 9.88. The van der Waals surface area contributed by atoms with E-state index in [0.29, 0.717) is 22.6 Å². The van der Waals surface area contributed by atoms with Crippen LogP contribution in [0.2, 0.25) is 0 Å². The highest BCUT2D eigenvalue weighted by Crippen LogP contribution is 2.28. The summed E-state index contributed by atoms with van der Waals surface area (Å²) in [6.45, 7) is 0. The minimum absolute atomic E-state index is 0.0111. The molecule has 0 atom stereocenters. The number of nitrogens with two attached hydrogens (primary N) is 1. The Balaban J connectivity index is 1.53. The van der Waals surface area contributed by atoms with E-state index in [1.165, 1.54) is 6.07 Å². The largest absolute Gasteiger partial charge is 0.322 e. The Kier molecular flexibility index (Phi) is 7.06. The Bertz CT molecular complexity index is 1510. The molecule has 2 amide bonds. The topological polar surface area (TPSA) is 131 Å². The molecular formula is C25H19BrN4O4S. The van der Waals surface area contributed by atoms with Crippen LogP contribution < -0.4 is 15.8 Å². The van der Waals surface area contributed by atoms with E-state index in [0.717, 1.165) is 4.47 Å². The van der Waals surface area contributed by atoms with Crippen molar-refractivity contribution in [3.05, 3.63) is 107 Å². The van der Waals surface area contributed by atoms with E-state index in [4.69, 9.17) is 5.14 Å². The summed E-state index contributed by atoms with van der Waals surface area (Å²) in [6.07, 6.45) is 1.55. The predicted octanol–water partition coefficient (Wildman–Crippen LogP) is 4.66. The molecule has 4 aromatic rings. The van der Waals surface area contributed by atoms with Gasteiger partial charge in [-0.05, 0) is 64.0 Å². The number of hydrogen-bond donors (Lipinski definition) is 3. The van der Waals surface area contributed by atoms with E-state index in [2.05, 4.69) is 31.5 Å². The highest BCUT2D eigenvalue weighted by Gasteiger charge is 2.18. The number of hydrogen-bond acceptors (Lipinski definition) is 5. The standard InChI is InChI=1S/C25H19BrN4O4S/c26-17-11-14-23(28-15-17)30-25(32)21-7-2-1-6-20(21)24(31)29-18-12-9-16(10-13-18)19-5-3-4-8-22(19)35(27,33)34/h1-15H,(H,29,31)(H2,27,33,34)(H,28,30,32). The number of pyridine rings is 1. The van der Waals surface area contributed by atoms with Crippen LogP contribution in [0.25, 0.3) is 11.1 Å². The molecule has 0 fully saturated rings. The number of nitrogens with zero attached hydrogens (tertiary/aromatic N) is 1. The summed E-state index contributed by atoms with van der Waals surface area (Å²) in [4.78, 5) is 29.9. The highest BCUT2D eigenvalue weighted by atomic mass is 79.9. The third kappa shape index (κ3) is 5.80. The van der Waals surface area contributed by atoms with Crippen LogP contribution in [0.15, 0.2) is 100 Å². The molecule has 1 aromatic heterocycles. The SMILES string of the molecule is NS(=O)(=O)c1ccccc1-c1ccc(NC(=O)c2ccccc2C(=O)Nc2ccc(Br)cn2)cc1. The predicted molar refractivity (Wildman–Crippen MR) is 138 cm³/mol. The summed E-state index contributed by atoms with van der Waals surface area (Å²) in [6, 6.07) is 22.9. The molecule has 35 heavy (non-hydrogen) atoms. The Morgan fingerprint density at radius 1 is 0.771 bits per heavy atom. The first-order valence-electron chi connectivity index (χ1n) is 10.3. The highest BCUT2D eigenvalue weighted by molar-refractivity contribution is 9.10. The summed E-state index contributed by atoms with van der Waals surface area (Å²) >= 11 is 3.29. The van der Waals surface area contributed by atoms with Crippen molar-refractivity contribution in [3.63, 3.8) is 0 Å². The van der Waals surface area contributed by atoms with Gasteiger partial charge in [-0.2, -0.15) is 0 Å². The first-order chi connectivity index (χ1) is 16.7. The van der Waals surface area contributed by atoms with Crippen molar-refractivity contribution in [1.82, 2.24) is 4.98 Å². The van der Waals surface area contributed by atoms with Crippen LogP contribution in [0.1, 0.15) is 20.7 Å². The number of carbonyl (C=O) groups is 2. The number of aromatic nitrogens is 1. The summed E-state index contributed by atoms with van der Waals surface area (Å²) in [7, 11) is -3.90. The van der Waals surface area contributed by atoms with E-state index in [-0.39, 0.29) is 16.0 Å². The third-order valence-electron chi connectivity index (χ3n) is 5.03. The number of benzene rings is 3. The van der Waals surface area contributed by atoms with E-state index < -0.39 is 21.8 Å². The minimum Gasteiger partial charge on any atom is -0.322 e. The fourth-order valence-corrected chi connectivity index (χ4v) is 4.39. The zero-order chi connectivity index (χ0) is 25.0. The second kappa shape index (κ2) is 10.2. The van der Waals surface area contributed by atoms with E-state index in [1.807, 2.05) is 0 Å². The van der Waals surface area contributed by atoms with Crippen molar-refractivity contribution in [2.75, 3.05) is 10.6 Å². The average Bonchev–Trinajstić information content (AvgIpc) is 2.85. The molecule has 0 spiro atoms. The van der Waals surface area contributed by atoms with Crippen LogP contribution in [0.5, 0.6) is 0 Å². The van der Waals surface area contributed by atoms with E-state index in [1.54, 1.807) is 85.1 Å². The van der Waals surface area contributed by atoms with Crippen molar-refractivity contribution in [3.8, 4) is 11.1 Å². The maximum absolute atomic E-state index is 13.0. The summed E-state index contributed by atoms with van der Waals surface area (Å²) in [5.41, 5.74) is 1.92. The quantitative estimate of drug-likeness (QED) is 0.321. The van der Waals surface area contributed by atoms with Gasteiger partial charge in [-0.15, -0.1) is 0 Å². The molecular weight excluding hydrogens is 532 g/mol. The van der Waals surface area contributed by atoms with Gasteiger partial charge in [-0.3, -0.25) is 9.59 Å². The Labute approximate surface area is 210 Å². The lowest BCUT2D eigenvalue weighted by atomic mass is 10.0. The van der Waals surface area contributed by atoms with Gasteiger partial charge in [0.1, 0.15) is 5.82 Å². The van der Waals surface area contributed by atoms with Gasteiger partial charge in [-0.25, -0.2) is 18.5 Å². The third-order valence-corrected chi connectivity index (χ3v) is 6.47. The zero-order valence-electron chi connectivity index (χ0n) is 18.1. The number of anilines is 2. The maximum atomic E-state index is 13.0. The number of amides is 2. The van der Waals surface area contributed by atoms with Crippen LogP contribution in [0.4, 0.5) is 11.5 Å². The molecule has 0 radical (unpaired) electrons. The lowest BCUT2D eigenvalue weighted by molar-refractivity contribution is 0.0990. The van der Waals surface area contributed by atoms with Gasteiger partial charge >= 0.3 is 0 Å². The Morgan fingerprint density at radius 2 is 1.37 bits per heavy atom. The van der Waals surface area contributed by atoms with Gasteiger partial charge in [0, 0.05) is 21.9 Å².